The number of pyridine rings is 1. The molecule has 3 rings (SSSR count). The van der Waals surface area contributed by atoms with Crippen molar-refractivity contribution in [2.75, 3.05) is 6.54 Å². The summed E-state index contributed by atoms with van der Waals surface area (Å²) in [6, 6.07) is 10.9. The van der Waals surface area contributed by atoms with Crippen LogP contribution in [0, 0.1) is 0 Å². The van der Waals surface area contributed by atoms with Gasteiger partial charge in [-0.05, 0) is 72.2 Å². The number of ether oxygens (including phenoxy) is 2. The van der Waals surface area contributed by atoms with Crippen LogP contribution in [-0.2, 0) is 11.3 Å². The number of amides is 1. The number of hydrogen-bond acceptors (Lipinski definition) is 7. The minimum Gasteiger partial charge on any atom is -0.444 e. The van der Waals surface area contributed by atoms with Crippen LogP contribution >= 0.6 is 15.9 Å². The molecule has 0 atom stereocenters. The fourth-order valence-electron chi connectivity index (χ4n) is 2.24. The van der Waals surface area contributed by atoms with Crippen molar-refractivity contribution in [3.8, 4) is 23.0 Å². The van der Waals surface area contributed by atoms with Crippen molar-refractivity contribution in [3.05, 3.63) is 47.1 Å². The van der Waals surface area contributed by atoms with Crippen LogP contribution in [0.3, 0.4) is 0 Å². The van der Waals surface area contributed by atoms with Gasteiger partial charge in [-0.3, -0.25) is 0 Å². The summed E-state index contributed by atoms with van der Waals surface area (Å²) in [6.45, 7) is 6.14. The lowest BCUT2D eigenvalue weighted by atomic mass is 10.2. The topological polar surface area (TPSA) is 104 Å². The maximum absolute atomic E-state index is 11.6. The fourth-order valence-corrected chi connectivity index (χ4v) is 2.48. The van der Waals surface area contributed by atoms with Crippen molar-refractivity contribution < 1.29 is 14.3 Å². The van der Waals surface area contributed by atoms with Crippen LogP contribution in [0.15, 0.2) is 47.1 Å². The van der Waals surface area contributed by atoms with Gasteiger partial charge in [-0.15, -0.1) is 10.2 Å². The van der Waals surface area contributed by atoms with E-state index in [9.17, 15) is 4.79 Å². The summed E-state index contributed by atoms with van der Waals surface area (Å²) in [4.78, 5) is 17.2. The lowest BCUT2D eigenvalue weighted by Gasteiger charge is -2.19. The Morgan fingerprint density at radius 2 is 1.93 bits per heavy atom. The van der Waals surface area contributed by atoms with Gasteiger partial charge in [-0.2, -0.15) is 4.80 Å². The maximum atomic E-state index is 11.6. The molecule has 0 saturated heterocycles. The van der Waals surface area contributed by atoms with Crippen LogP contribution in [0.2, 0.25) is 0 Å². The van der Waals surface area contributed by atoms with Gasteiger partial charge < -0.3 is 14.8 Å². The molecule has 1 amide bonds. The first-order valence-corrected chi connectivity index (χ1v) is 9.72. The predicted octanol–water partition coefficient (Wildman–Crippen LogP) is 3.81. The Kier molecular flexibility index (Phi) is 6.42. The highest BCUT2D eigenvalue weighted by molar-refractivity contribution is 9.10. The van der Waals surface area contributed by atoms with E-state index in [1.807, 2.05) is 51.1 Å². The summed E-state index contributed by atoms with van der Waals surface area (Å²) < 4.78 is 11.8. The Morgan fingerprint density at radius 3 is 2.59 bits per heavy atom. The smallest absolute Gasteiger partial charge is 0.407 e. The lowest BCUT2D eigenvalue weighted by molar-refractivity contribution is 0.0525. The third-order valence-corrected chi connectivity index (χ3v) is 3.94. The van der Waals surface area contributed by atoms with Crippen LogP contribution < -0.4 is 10.1 Å². The number of nitrogens with one attached hydrogen (secondary N) is 1. The molecule has 0 fully saturated rings. The number of nitrogens with zero attached hydrogens (tertiary/aromatic N) is 5. The Morgan fingerprint density at radius 1 is 1.17 bits per heavy atom. The van der Waals surface area contributed by atoms with E-state index in [0.29, 0.717) is 30.5 Å². The Balaban J connectivity index is 1.53. The molecule has 0 aliphatic rings. The average Bonchev–Trinajstić information content (AvgIpc) is 3.12. The van der Waals surface area contributed by atoms with E-state index in [1.165, 1.54) is 4.80 Å². The molecule has 0 unspecified atom stereocenters. The molecule has 29 heavy (non-hydrogen) atoms. The molecule has 0 aliphatic heterocycles. The van der Waals surface area contributed by atoms with Crippen molar-refractivity contribution in [2.24, 2.45) is 0 Å². The van der Waals surface area contributed by atoms with E-state index < -0.39 is 11.7 Å². The summed E-state index contributed by atoms with van der Waals surface area (Å²) in [5, 5.41) is 15.0. The van der Waals surface area contributed by atoms with Gasteiger partial charge in [-0.1, -0.05) is 0 Å². The summed E-state index contributed by atoms with van der Waals surface area (Å²) in [7, 11) is 0. The number of carbonyl (C=O) groups is 1. The van der Waals surface area contributed by atoms with Gasteiger partial charge >= 0.3 is 6.09 Å². The first-order chi connectivity index (χ1) is 13.8. The van der Waals surface area contributed by atoms with Gasteiger partial charge in [0.05, 0.1) is 6.54 Å². The standard InChI is InChI=1S/C19H21BrN6O3/c1-19(2,3)29-18(27)21-10-11-26-24-17(23-25-26)13-4-7-15(8-5-13)28-16-9-6-14(20)12-22-16/h4-9,12H,10-11H2,1-3H3,(H,21,27). The van der Waals surface area contributed by atoms with Gasteiger partial charge in [0.2, 0.25) is 11.7 Å². The first-order valence-electron chi connectivity index (χ1n) is 8.93. The Bertz CT molecular complexity index is 951. The highest BCUT2D eigenvalue weighted by Gasteiger charge is 2.15. The van der Waals surface area contributed by atoms with Crippen molar-refractivity contribution in [1.29, 1.82) is 0 Å². The Hall–Kier alpha value is -3.01. The van der Waals surface area contributed by atoms with E-state index in [4.69, 9.17) is 9.47 Å². The fraction of sp³-hybridized carbons (Fsp3) is 0.316. The molecule has 1 N–H and O–H groups in total. The van der Waals surface area contributed by atoms with Gasteiger partial charge in [0.1, 0.15) is 11.4 Å². The van der Waals surface area contributed by atoms with E-state index >= 15 is 0 Å². The molecule has 2 aromatic heterocycles. The van der Waals surface area contributed by atoms with Crippen LogP contribution in [0.25, 0.3) is 11.4 Å². The van der Waals surface area contributed by atoms with Gasteiger partial charge in [-0.25, -0.2) is 9.78 Å². The quantitative estimate of drug-likeness (QED) is 0.595. The second-order valence-electron chi connectivity index (χ2n) is 7.08. The second kappa shape index (κ2) is 8.99. The van der Waals surface area contributed by atoms with Crippen LogP contribution in [0.1, 0.15) is 20.8 Å². The number of alkyl carbamates (subject to hydrolysis) is 1. The predicted molar refractivity (Wildman–Crippen MR) is 110 cm³/mol. The van der Waals surface area contributed by atoms with Gasteiger partial charge in [0.15, 0.2) is 0 Å². The molecule has 10 heteroatoms. The minimum absolute atomic E-state index is 0.331. The molecule has 9 nitrogen and oxygen atoms in total. The van der Waals surface area contributed by atoms with Crippen LogP contribution in [-0.4, -0.2) is 43.4 Å². The number of rotatable bonds is 6. The number of halogens is 1. The normalized spacial score (nSPS) is 11.2. The number of carbonyl (C=O) groups excluding carboxylic acids is 1. The number of aromatic nitrogens is 5. The zero-order valence-electron chi connectivity index (χ0n) is 16.3. The molecule has 1 aromatic carbocycles. The summed E-state index contributed by atoms with van der Waals surface area (Å²) >= 11 is 3.34. The minimum atomic E-state index is -0.536. The van der Waals surface area contributed by atoms with E-state index in [2.05, 4.69) is 41.6 Å². The van der Waals surface area contributed by atoms with E-state index in [1.54, 1.807) is 12.3 Å². The van der Waals surface area contributed by atoms with Crippen LogP contribution in [0.4, 0.5) is 4.79 Å². The molecule has 0 bridgehead atoms. The molecular formula is C19H21BrN6O3. The highest BCUT2D eigenvalue weighted by Crippen LogP contribution is 2.23. The zero-order chi connectivity index (χ0) is 20.9. The third-order valence-electron chi connectivity index (χ3n) is 3.47. The van der Waals surface area contributed by atoms with Crippen molar-refractivity contribution in [3.63, 3.8) is 0 Å². The first kappa shape index (κ1) is 20.7. The van der Waals surface area contributed by atoms with Gasteiger partial charge in [0, 0.05) is 28.8 Å². The molecule has 0 spiro atoms. The molecule has 0 aliphatic carbocycles. The Labute approximate surface area is 176 Å². The molecule has 0 saturated carbocycles. The third kappa shape index (κ3) is 6.53. The van der Waals surface area contributed by atoms with Crippen molar-refractivity contribution >= 4 is 22.0 Å². The largest absolute Gasteiger partial charge is 0.444 e. The zero-order valence-corrected chi connectivity index (χ0v) is 17.9. The summed E-state index contributed by atoms with van der Waals surface area (Å²) in [5.74, 6) is 1.63. The number of benzene rings is 1. The number of hydrogen-bond donors (Lipinski definition) is 1. The molecule has 2 heterocycles. The number of tetrazole rings is 1. The summed E-state index contributed by atoms with van der Waals surface area (Å²) in [5.41, 5.74) is 0.263. The maximum Gasteiger partial charge on any atom is 0.407 e. The van der Waals surface area contributed by atoms with Crippen molar-refractivity contribution in [2.45, 2.75) is 32.9 Å². The van der Waals surface area contributed by atoms with Crippen LogP contribution in [0.5, 0.6) is 11.6 Å². The monoisotopic (exact) mass is 460 g/mol. The highest BCUT2D eigenvalue weighted by atomic mass is 79.9. The molecule has 152 valence electrons. The van der Waals surface area contributed by atoms with Crippen molar-refractivity contribution in [1.82, 2.24) is 30.5 Å². The molecule has 0 radical (unpaired) electrons. The van der Waals surface area contributed by atoms with Gasteiger partial charge in [0.25, 0.3) is 0 Å². The SMILES string of the molecule is CC(C)(C)OC(=O)NCCn1nnc(-c2ccc(Oc3ccc(Br)cn3)cc2)n1. The molecule has 3 aromatic rings. The second-order valence-corrected chi connectivity index (χ2v) is 7.99. The van der Waals surface area contributed by atoms with E-state index in [-0.39, 0.29) is 0 Å². The summed E-state index contributed by atoms with van der Waals surface area (Å²) in [6.07, 6.45) is 1.19. The average molecular weight is 461 g/mol. The molecular weight excluding hydrogens is 440 g/mol. The van der Waals surface area contributed by atoms with E-state index in [0.717, 1.165) is 10.0 Å². The lowest BCUT2D eigenvalue weighted by Crippen LogP contribution is -2.34.